The molecular formula is C8H9ClN2O. The van der Waals surface area contributed by atoms with Crippen molar-refractivity contribution in [3.63, 3.8) is 0 Å². The summed E-state index contributed by atoms with van der Waals surface area (Å²) < 4.78 is 0. The number of rotatable bonds is 3. The Morgan fingerprint density at radius 3 is 3.08 bits per heavy atom. The average molecular weight is 185 g/mol. The van der Waals surface area contributed by atoms with Crippen LogP contribution in [0.25, 0.3) is 0 Å². The maximum Gasteiger partial charge on any atom is 0.142 e. The van der Waals surface area contributed by atoms with Gasteiger partial charge in [-0.25, -0.2) is 0 Å². The van der Waals surface area contributed by atoms with Crippen molar-refractivity contribution in [1.82, 2.24) is 0 Å². The molecule has 0 spiro atoms. The monoisotopic (exact) mass is 184 g/mol. The molecule has 0 aliphatic rings. The van der Waals surface area contributed by atoms with Crippen LogP contribution in [0.15, 0.2) is 29.4 Å². The molecule has 0 radical (unpaired) electrons. The Kier molecular flexibility index (Phi) is 3.41. The summed E-state index contributed by atoms with van der Waals surface area (Å²) in [6.07, 6.45) is 1.10. The predicted octanol–water partition coefficient (Wildman–Crippen LogP) is 1.76. The number of nitrogens with two attached hydrogens (primary N) is 1. The maximum absolute atomic E-state index is 5.74. The third-order valence-electron chi connectivity index (χ3n) is 1.26. The van der Waals surface area contributed by atoms with E-state index in [4.69, 9.17) is 22.2 Å². The zero-order valence-electron chi connectivity index (χ0n) is 6.40. The van der Waals surface area contributed by atoms with Crippen LogP contribution in [-0.4, -0.2) is 6.34 Å². The van der Waals surface area contributed by atoms with Gasteiger partial charge in [0.25, 0.3) is 0 Å². The van der Waals surface area contributed by atoms with Gasteiger partial charge in [0.15, 0.2) is 0 Å². The molecule has 64 valence electrons. The van der Waals surface area contributed by atoms with Crippen LogP contribution in [-0.2, 0) is 11.4 Å². The summed E-state index contributed by atoms with van der Waals surface area (Å²) in [6, 6.07) is 7.37. The Morgan fingerprint density at radius 2 is 2.42 bits per heavy atom. The van der Waals surface area contributed by atoms with Gasteiger partial charge >= 0.3 is 0 Å². The Hall–Kier alpha value is -1.22. The fraction of sp³-hybridized carbons (Fsp3) is 0.125. The normalized spacial score (nSPS) is 10.4. The lowest BCUT2D eigenvalue weighted by molar-refractivity contribution is 0.131. The van der Waals surface area contributed by atoms with Crippen molar-refractivity contribution >= 4 is 17.9 Å². The second-order valence-electron chi connectivity index (χ2n) is 2.16. The van der Waals surface area contributed by atoms with Crippen molar-refractivity contribution < 1.29 is 4.84 Å². The third-order valence-corrected chi connectivity index (χ3v) is 1.49. The quantitative estimate of drug-likeness (QED) is 0.442. The van der Waals surface area contributed by atoms with E-state index in [-0.39, 0.29) is 0 Å². The van der Waals surface area contributed by atoms with Gasteiger partial charge in [-0.15, -0.1) is 0 Å². The van der Waals surface area contributed by atoms with E-state index in [1.54, 1.807) is 6.07 Å². The molecule has 0 saturated carbocycles. The van der Waals surface area contributed by atoms with Crippen molar-refractivity contribution in [2.75, 3.05) is 0 Å². The molecule has 12 heavy (non-hydrogen) atoms. The van der Waals surface area contributed by atoms with E-state index in [0.29, 0.717) is 11.6 Å². The second-order valence-corrected chi connectivity index (χ2v) is 2.59. The fourth-order valence-electron chi connectivity index (χ4n) is 0.782. The van der Waals surface area contributed by atoms with E-state index in [1.165, 1.54) is 0 Å². The lowest BCUT2D eigenvalue weighted by Crippen LogP contribution is -1.92. The van der Waals surface area contributed by atoms with Crippen LogP contribution in [0.3, 0.4) is 0 Å². The molecule has 0 bridgehead atoms. The fourth-order valence-corrected chi connectivity index (χ4v) is 0.994. The van der Waals surface area contributed by atoms with E-state index >= 15 is 0 Å². The maximum atomic E-state index is 5.74. The molecule has 0 aliphatic heterocycles. The van der Waals surface area contributed by atoms with Gasteiger partial charge in [0, 0.05) is 5.02 Å². The summed E-state index contributed by atoms with van der Waals surface area (Å²) in [4.78, 5) is 4.81. The number of oxime groups is 1. The van der Waals surface area contributed by atoms with Crippen LogP contribution in [0.5, 0.6) is 0 Å². The highest BCUT2D eigenvalue weighted by Gasteiger charge is 1.92. The number of benzene rings is 1. The Labute approximate surface area is 75.8 Å². The molecule has 0 fully saturated rings. The first-order valence-electron chi connectivity index (χ1n) is 3.43. The minimum Gasteiger partial charge on any atom is -0.390 e. The van der Waals surface area contributed by atoms with Crippen molar-refractivity contribution in [1.29, 1.82) is 0 Å². The van der Waals surface area contributed by atoms with Crippen molar-refractivity contribution in [3.05, 3.63) is 34.9 Å². The van der Waals surface area contributed by atoms with Crippen LogP contribution in [0.1, 0.15) is 5.56 Å². The summed E-state index contributed by atoms with van der Waals surface area (Å²) in [6.45, 7) is 0.383. The largest absolute Gasteiger partial charge is 0.390 e. The van der Waals surface area contributed by atoms with Crippen LogP contribution in [0, 0.1) is 0 Å². The Balaban J connectivity index is 2.52. The highest BCUT2D eigenvalue weighted by atomic mass is 35.5. The van der Waals surface area contributed by atoms with Gasteiger partial charge in [-0.2, -0.15) is 0 Å². The summed E-state index contributed by atoms with van der Waals surface area (Å²) in [5.41, 5.74) is 5.95. The van der Waals surface area contributed by atoms with Gasteiger partial charge in [-0.05, 0) is 17.7 Å². The summed E-state index contributed by atoms with van der Waals surface area (Å²) >= 11 is 5.74. The van der Waals surface area contributed by atoms with E-state index in [1.807, 2.05) is 18.2 Å². The first kappa shape index (κ1) is 8.87. The van der Waals surface area contributed by atoms with E-state index < -0.39 is 0 Å². The predicted molar refractivity (Wildman–Crippen MR) is 48.9 cm³/mol. The molecular weight excluding hydrogens is 176 g/mol. The van der Waals surface area contributed by atoms with E-state index in [0.717, 1.165) is 11.9 Å². The van der Waals surface area contributed by atoms with Gasteiger partial charge in [-0.1, -0.05) is 28.9 Å². The first-order valence-corrected chi connectivity index (χ1v) is 3.80. The average Bonchev–Trinajstić information content (AvgIpc) is 2.05. The van der Waals surface area contributed by atoms with E-state index in [9.17, 15) is 0 Å². The second kappa shape index (κ2) is 4.62. The van der Waals surface area contributed by atoms with E-state index in [2.05, 4.69) is 5.16 Å². The first-order chi connectivity index (χ1) is 5.83. The minimum atomic E-state index is 0.383. The number of nitrogens with zero attached hydrogens (tertiary/aromatic N) is 1. The molecule has 0 heterocycles. The van der Waals surface area contributed by atoms with Gasteiger partial charge in [-0.3, -0.25) is 0 Å². The molecule has 0 aromatic heterocycles. The molecule has 1 rings (SSSR count). The molecule has 1 aromatic carbocycles. The zero-order chi connectivity index (χ0) is 8.81. The number of halogens is 1. The third kappa shape index (κ3) is 2.80. The summed E-state index contributed by atoms with van der Waals surface area (Å²) in [7, 11) is 0. The SMILES string of the molecule is N/C=N/OCc1cccc(Cl)c1. The molecule has 1 aromatic rings. The van der Waals surface area contributed by atoms with Gasteiger partial charge in [0.05, 0.1) is 0 Å². The van der Waals surface area contributed by atoms with Crippen LogP contribution >= 0.6 is 11.6 Å². The smallest absolute Gasteiger partial charge is 0.142 e. The topological polar surface area (TPSA) is 47.6 Å². The lowest BCUT2D eigenvalue weighted by Gasteiger charge is -1.98. The lowest BCUT2D eigenvalue weighted by atomic mass is 10.2. The van der Waals surface area contributed by atoms with Gasteiger partial charge in [0.1, 0.15) is 12.9 Å². The highest BCUT2D eigenvalue weighted by Crippen LogP contribution is 2.11. The summed E-state index contributed by atoms with van der Waals surface area (Å²) in [5, 5.41) is 4.09. The Bertz CT molecular complexity index is 276. The van der Waals surface area contributed by atoms with Crippen LogP contribution in [0.2, 0.25) is 5.02 Å². The van der Waals surface area contributed by atoms with Gasteiger partial charge in [0.2, 0.25) is 0 Å². The molecule has 2 N–H and O–H groups in total. The Morgan fingerprint density at radius 1 is 1.58 bits per heavy atom. The molecule has 4 heteroatoms. The van der Waals surface area contributed by atoms with Gasteiger partial charge < -0.3 is 10.6 Å². The zero-order valence-corrected chi connectivity index (χ0v) is 7.16. The molecule has 0 amide bonds. The molecule has 0 saturated heterocycles. The highest BCUT2D eigenvalue weighted by molar-refractivity contribution is 6.30. The molecule has 3 nitrogen and oxygen atoms in total. The number of hydrogen-bond donors (Lipinski definition) is 1. The minimum absolute atomic E-state index is 0.383. The molecule has 0 unspecified atom stereocenters. The molecule has 0 atom stereocenters. The number of hydrogen-bond acceptors (Lipinski definition) is 2. The van der Waals surface area contributed by atoms with Crippen molar-refractivity contribution in [2.45, 2.75) is 6.61 Å². The van der Waals surface area contributed by atoms with Crippen molar-refractivity contribution in [3.8, 4) is 0 Å². The van der Waals surface area contributed by atoms with Crippen LogP contribution < -0.4 is 5.73 Å². The standard InChI is InChI=1S/C8H9ClN2O/c9-8-3-1-2-7(4-8)5-12-11-6-10/h1-4,6H,5H2,(H2,10,11). The van der Waals surface area contributed by atoms with Crippen LogP contribution in [0.4, 0.5) is 0 Å². The van der Waals surface area contributed by atoms with Crippen molar-refractivity contribution in [2.24, 2.45) is 10.9 Å². The molecule has 0 aliphatic carbocycles. The summed E-state index contributed by atoms with van der Waals surface area (Å²) in [5.74, 6) is 0.